The Morgan fingerprint density at radius 2 is 2.18 bits per heavy atom. The number of hydrogen-bond donors (Lipinski definition) is 1. The van der Waals surface area contributed by atoms with E-state index in [0.29, 0.717) is 17.6 Å². The molecule has 0 bridgehead atoms. The van der Waals surface area contributed by atoms with Gasteiger partial charge in [-0.3, -0.25) is 4.79 Å². The molecule has 0 aliphatic carbocycles. The smallest absolute Gasteiger partial charge is 0.263 e. The van der Waals surface area contributed by atoms with Crippen molar-refractivity contribution in [2.45, 2.75) is 38.8 Å². The van der Waals surface area contributed by atoms with E-state index >= 15 is 0 Å². The van der Waals surface area contributed by atoms with Gasteiger partial charge in [0.1, 0.15) is 11.6 Å². The molecule has 0 spiro atoms. The Morgan fingerprint density at radius 3 is 2.82 bits per heavy atom. The highest BCUT2D eigenvalue weighted by Gasteiger charge is 2.18. The van der Waals surface area contributed by atoms with Crippen LogP contribution in [0, 0.1) is 11.3 Å². The van der Waals surface area contributed by atoms with Crippen molar-refractivity contribution in [3.8, 4) is 6.07 Å². The molecule has 1 N–H and O–H groups in total. The van der Waals surface area contributed by atoms with Crippen LogP contribution in [0.3, 0.4) is 0 Å². The van der Waals surface area contributed by atoms with Crippen molar-refractivity contribution in [1.82, 2.24) is 10.2 Å². The van der Waals surface area contributed by atoms with Crippen LogP contribution >= 0.6 is 11.6 Å². The van der Waals surface area contributed by atoms with Gasteiger partial charge in [0, 0.05) is 30.4 Å². The van der Waals surface area contributed by atoms with Crippen LogP contribution in [-0.2, 0) is 11.3 Å². The van der Waals surface area contributed by atoms with E-state index in [0.717, 1.165) is 24.9 Å². The van der Waals surface area contributed by atoms with E-state index in [9.17, 15) is 10.1 Å². The first kappa shape index (κ1) is 16.4. The minimum absolute atomic E-state index is 0.155. The summed E-state index contributed by atoms with van der Waals surface area (Å²) in [5.41, 5.74) is 1.10. The van der Waals surface area contributed by atoms with E-state index in [-0.39, 0.29) is 11.5 Å². The lowest BCUT2D eigenvalue weighted by Gasteiger charge is -2.32. The molecule has 116 valence electrons. The van der Waals surface area contributed by atoms with Crippen molar-refractivity contribution < 1.29 is 4.79 Å². The van der Waals surface area contributed by atoms with Gasteiger partial charge in [-0.25, -0.2) is 0 Å². The summed E-state index contributed by atoms with van der Waals surface area (Å²) in [6.07, 6.45) is 5.10. The second-order valence-corrected chi connectivity index (χ2v) is 5.98. The molecule has 1 aromatic rings. The molecule has 22 heavy (non-hydrogen) atoms. The van der Waals surface area contributed by atoms with Crippen LogP contribution in [0.15, 0.2) is 36.0 Å². The summed E-state index contributed by atoms with van der Waals surface area (Å²) in [4.78, 5) is 14.2. The fourth-order valence-electron chi connectivity index (χ4n) is 2.50. The maximum absolute atomic E-state index is 12.1. The molecule has 1 unspecified atom stereocenters. The number of halogens is 1. The number of hydrogen-bond acceptors (Lipinski definition) is 3. The molecule has 1 heterocycles. The zero-order chi connectivity index (χ0) is 15.9. The summed E-state index contributed by atoms with van der Waals surface area (Å²) < 4.78 is 0. The number of nitrogens with zero attached hydrogens (tertiary/aromatic N) is 2. The van der Waals surface area contributed by atoms with Gasteiger partial charge < -0.3 is 10.2 Å². The maximum atomic E-state index is 12.1. The first-order valence-corrected chi connectivity index (χ1v) is 7.88. The number of amides is 1. The Morgan fingerprint density at radius 1 is 1.45 bits per heavy atom. The monoisotopic (exact) mass is 317 g/mol. The summed E-state index contributed by atoms with van der Waals surface area (Å²) in [5, 5.41) is 12.7. The van der Waals surface area contributed by atoms with Gasteiger partial charge in [0.15, 0.2) is 0 Å². The van der Waals surface area contributed by atoms with Crippen LogP contribution in [0.1, 0.15) is 31.7 Å². The fraction of sp³-hybridized carbons (Fsp3) is 0.412. The molecule has 5 heteroatoms. The summed E-state index contributed by atoms with van der Waals surface area (Å²) in [7, 11) is 0. The first-order valence-electron chi connectivity index (χ1n) is 7.50. The third-order valence-electron chi connectivity index (χ3n) is 3.88. The molecule has 0 aromatic heterocycles. The molecule has 1 aliphatic rings. The van der Waals surface area contributed by atoms with Gasteiger partial charge in [0.25, 0.3) is 5.91 Å². The molecule has 0 saturated carbocycles. The predicted molar refractivity (Wildman–Crippen MR) is 87.0 cm³/mol. The molecule has 1 atom stereocenters. The SMILES string of the molecule is CC1CCCCN1/C=C(/C#N)C(=O)NCc1ccc(Cl)cc1. The minimum Gasteiger partial charge on any atom is -0.373 e. The molecule has 1 amide bonds. The average Bonchev–Trinajstić information content (AvgIpc) is 2.53. The zero-order valence-corrected chi connectivity index (χ0v) is 13.4. The van der Waals surface area contributed by atoms with Crippen molar-refractivity contribution in [1.29, 1.82) is 5.26 Å². The quantitative estimate of drug-likeness (QED) is 0.685. The molecule has 1 saturated heterocycles. The molecule has 0 radical (unpaired) electrons. The second kappa shape index (κ2) is 7.86. The van der Waals surface area contributed by atoms with Gasteiger partial charge in [0.2, 0.25) is 0 Å². The average molecular weight is 318 g/mol. The number of carbonyl (C=O) groups is 1. The van der Waals surface area contributed by atoms with Crippen molar-refractivity contribution in [3.05, 3.63) is 46.6 Å². The molecule has 4 nitrogen and oxygen atoms in total. The van der Waals surface area contributed by atoms with Crippen molar-refractivity contribution in [3.63, 3.8) is 0 Å². The molecular weight excluding hydrogens is 298 g/mol. The highest BCUT2D eigenvalue weighted by atomic mass is 35.5. The third-order valence-corrected chi connectivity index (χ3v) is 4.13. The minimum atomic E-state index is -0.338. The Kier molecular flexibility index (Phi) is 5.85. The van der Waals surface area contributed by atoms with Crippen molar-refractivity contribution in [2.75, 3.05) is 6.54 Å². The van der Waals surface area contributed by atoms with Crippen LogP contribution in [0.4, 0.5) is 0 Å². The second-order valence-electron chi connectivity index (χ2n) is 5.55. The van der Waals surface area contributed by atoms with Crippen LogP contribution in [0.5, 0.6) is 0 Å². The molecule has 1 aromatic carbocycles. The number of carbonyl (C=O) groups excluding carboxylic acids is 1. The lowest BCUT2D eigenvalue weighted by Crippen LogP contribution is -2.34. The third kappa shape index (κ3) is 4.51. The van der Waals surface area contributed by atoms with Crippen LogP contribution in [0.25, 0.3) is 0 Å². The van der Waals surface area contributed by atoms with Gasteiger partial charge in [-0.05, 0) is 43.9 Å². The van der Waals surface area contributed by atoms with Gasteiger partial charge in [-0.15, -0.1) is 0 Å². The first-order chi connectivity index (χ1) is 10.6. The summed E-state index contributed by atoms with van der Waals surface area (Å²) in [5.74, 6) is -0.338. The van der Waals surface area contributed by atoms with Crippen LogP contribution in [0.2, 0.25) is 5.02 Å². The van der Waals surface area contributed by atoms with E-state index < -0.39 is 0 Å². The van der Waals surface area contributed by atoms with Gasteiger partial charge >= 0.3 is 0 Å². The zero-order valence-electron chi connectivity index (χ0n) is 12.7. The van der Waals surface area contributed by atoms with Gasteiger partial charge in [-0.2, -0.15) is 5.26 Å². The van der Waals surface area contributed by atoms with Crippen molar-refractivity contribution >= 4 is 17.5 Å². The largest absolute Gasteiger partial charge is 0.373 e. The topological polar surface area (TPSA) is 56.1 Å². The number of likely N-dealkylation sites (tertiary alicyclic amines) is 1. The number of nitriles is 1. The van der Waals surface area contributed by atoms with Crippen LogP contribution in [-0.4, -0.2) is 23.4 Å². The van der Waals surface area contributed by atoms with Gasteiger partial charge in [0.05, 0.1) is 0 Å². The van der Waals surface area contributed by atoms with E-state index in [2.05, 4.69) is 17.1 Å². The number of benzene rings is 1. The normalized spacial score (nSPS) is 18.7. The fourth-order valence-corrected chi connectivity index (χ4v) is 2.62. The number of nitrogens with one attached hydrogen (secondary N) is 1. The predicted octanol–water partition coefficient (Wildman–Crippen LogP) is 3.24. The standard InChI is InChI=1S/C17H20ClN3O/c1-13-4-2-3-9-21(13)12-15(10-19)17(22)20-11-14-5-7-16(18)8-6-14/h5-8,12-13H,2-4,9,11H2,1H3,(H,20,22)/b15-12-. The molecule has 2 rings (SSSR count). The highest BCUT2D eigenvalue weighted by Crippen LogP contribution is 2.17. The van der Waals surface area contributed by atoms with E-state index in [1.165, 1.54) is 6.42 Å². The van der Waals surface area contributed by atoms with E-state index in [1.807, 2.05) is 18.2 Å². The Hall–Kier alpha value is -1.99. The highest BCUT2D eigenvalue weighted by molar-refractivity contribution is 6.30. The molecular formula is C17H20ClN3O. The molecule has 1 aliphatic heterocycles. The Labute approximate surface area is 136 Å². The van der Waals surface area contributed by atoms with Crippen LogP contribution < -0.4 is 5.32 Å². The summed E-state index contributed by atoms with van der Waals surface area (Å²) in [6, 6.07) is 9.64. The Balaban J connectivity index is 1.96. The lowest BCUT2D eigenvalue weighted by molar-refractivity contribution is -0.117. The van der Waals surface area contributed by atoms with Crippen molar-refractivity contribution in [2.24, 2.45) is 0 Å². The lowest BCUT2D eigenvalue weighted by atomic mass is 10.0. The Bertz CT molecular complexity index is 589. The summed E-state index contributed by atoms with van der Waals surface area (Å²) in [6.45, 7) is 3.40. The number of rotatable bonds is 4. The summed E-state index contributed by atoms with van der Waals surface area (Å²) >= 11 is 5.82. The van der Waals surface area contributed by atoms with E-state index in [1.54, 1.807) is 18.3 Å². The van der Waals surface area contributed by atoms with E-state index in [4.69, 9.17) is 11.6 Å². The number of piperidine rings is 1. The maximum Gasteiger partial charge on any atom is 0.263 e. The van der Waals surface area contributed by atoms with Gasteiger partial charge in [-0.1, -0.05) is 23.7 Å². The molecule has 1 fully saturated rings.